The minimum Gasteiger partial charge on any atom is -0.352 e. The average molecular weight is 435 g/mol. The van der Waals surface area contributed by atoms with Crippen LogP contribution in [0.5, 0.6) is 0 Å². The number of halogens is 1. The monoisotopic (exact) mass is 434 g/mol. The molecular formula is C22H23ClN8. The highest BCUT2D eigenvalue weighted by molar-refractivity contribution is 6.31. The van der Waals surface area contributed by atoms with Crippen LogP contribution in [-0.4, -0.2) is 55.9 Å². The summed E-state index contributed by atoms with van der Waals surface area (Å²) in [7, 11) is 0. The third kappa shape index (κ3) is 3.90. The molecule has 5 rings (SSSR count). The van der Waals surface area contributed by atoms with Gasteiger partial charge in [0.1, 0.15) is 12.1 Å². The topological polar surface area (TPSA) is 75.9 Å². The van der Waals surface area contributed by atoms with Gasteiger partial charge in [0.15, 0.2) is 5.65 Å². The standard InChI is InChI=1S/C22H23ClN8/c1-15-11-16(2)28-22(27-15)30-9-7-29(8-10-30)20-18-12-26-31(21(18)25-14-24-20)13-17-5-3-4-6-19(17)23/h3-6,11-12,14H,7-10,13H2,1-2H3. The number of piperazine rings is 1. The van der Waals surface area contributed by atoms with Gasteiger partial charge in [-0.25, -0.2) is 24.6 Å². The second-order valence-corrected chi connectivity index (χ2v) is 8.16. The lowest BCUT2D eigenvalue weighted by Gasteiger charge is -2.35. The van der Waals surface area contributed by atoms with E-state index in [9.17, 15) is 0 Å². The number of fused-ring (bicyclic) bond motifs is 1. The van der Waals surface area contributed by atoms with Gasteiger partial charge in [-0.05, 0) is 31.5 Å². The molecule has 1 saturated heterocycles. The highest BCUT2D eigenvalue weighted by Gasteiger charge is 2.23. The van der Waals surface area contributed by atoms with Gasteiger partial charge in [0.05, 0.1) is 18.1 Å². The lowest BCUT2D eigenvalue weighted by Crippen LogP contribution is -2.47. The molecule has 158 valence electrons. The molecule has 0 spiro atoms. The van der Waals surface area contributed by atoms with Gasteiger partial charge in [-0.1, -0.05) is 29.8 Å². The average Bonchev–Trinajstić information content (AvgIpc) is 3.18. The van der Waals surface area contributed by atoms with Crippen molar-refractivity contribution in [2.75, 3.05) is 36.0 Å². The molecule has 0 atom stereocenters. The first-order valence-corrected chi connectivity index (χ1v) is 10.7. The summed E-state index contributed by atoms with van der Waals surface area (Å²) >= 11 is 6.33. The zero-order valence-corrected chi connectivity index (χ0v) is 18.3. The van der Waals surface area contributed by atoms with Crippen molar-refractivity contribution >= 4 is 34.4 Å². The van der Waals surface area contributed by atoms with Crippen molar-refractivity contribution in [3.05, 3.63) is 64.8 Å². The summed E-state index contributed by atoms with van der Waals surface area (Å²) in [5, 5.41) is 6.24. The van der Waals surface area contributed by atoms with Crippen LogP contribution in [0.15, 0.2) is 42.9 Å². The quantitative estimate of drug-likeness (QED) is 0.488. The van der Waals surface area contributed by atoms with Gasteiger partial charge < -0.3 is 9.80 Å². The van der Waals surface area contributed by atoms with Gasteiger partial charge in [0, 0.05) is 42.6 Å². The predicted octanol–water partition coefficient (Wildman–Crippen LogP) is 3.26. The molecule has 1 aromatic carbocycles. The molecule has 0 amide bonds. The smallest absolute Gasteiger partial charge is 0.225 e. The van der Waals surface area contributed by atoms with Gasteiger partial charge in [-0.3, -0.25) is 0 Å². The molecule has 0 saturated carbocycles. The third-order valence-electron chi connectivity index (χ3n) is 5.52. The number of rotatable bonds is 4. The van der Waals surface area contributed by atoms with Crippen molar-refractivity contribution in [1.29, 1.82) is 0 Å². The van der Waals surface area contributed by atoms with Crippen molar-refractivity contribution in [3.8, 4) is 0 Å². The SMILES string of the molecule is Cc1cc(C)nc(N2CCN(c3ncnc4c3cnn4Cc3ccccc3Cl)CC2)n1. The van der Waals surface area contributed by atoms with E-state index in [0.29, 0.717) is 6.54 Å². The van der Waals surface area contributed by atoms with Crippen molar-refractivity contribution in [3.63, 3.8) is 0 Å². The van der Waals surface area contributed by atoms with E-state index < -0.39 is 0 Å². The van der Waals surface area contributed by atoms with Crippen molar-refractivity contribution in [1.82, 2.24) is 29.7 Å². The van der Waals surface area contributed by atoms with Crippen LogP contribution in [0.25, 0.3) is 11.0 Å². The molecule has 0 unspecified atom stereocenters. The molecule has 1 aliphatic heterocycles. The van der Waals surface area contributed by atoms with Gasteiger partial charge >= 0.3 is 0 Å². The first-order chi connectivity index (χ1) is 15.1. The lowest BCUT2D eigenvalue weighted by molar-refractivity contribution is 0.634. The third-order valence-corrected chi connectivity index (χ3v) is 5.89. The van der Waals surface area contributed by atoms with Crippen molar-refractivity contribution in [2.45, 2.75) is 20.4 Å². The summed E-state index contributed by atoms with van der Waals surface area (Å²) in [5.41, 5.74) is 3.81. The van der Waals surface area contributed by atoms with Crippen LogP contribution in [-0.2, 0) is 6.54 Å². The van der Waals surface area contributed by atoms with Gasteiger partial charge in [0.25, 0.3) is 0 Å². The molecular weight excluding hydrogens is 412 g/mol. The summed E-state index contributed by atoms with van der Waals surface area (Å²) in [6.07, 6.45) is 3.46. The molecule has 0 N–H and O–H groups in total. The van der Waals surface area contributed by atoms with E-state index in [1.165, 1.54) is 0 Å². The fraction of sp³-hybridized carbons (Fsp3) is 0.318. The summed E-state index contributed by atoms with van der Waals surface area (Å²) < 4.78 is 1.88. The Morgan fingerprint density at radius 3 is 2.39 bits per heavy atom. The van der Waals surface area contributed by atoms with Crippen molar-refractivity contribution < 1.29 is 0 Å². The molecule has 9 heteroatoms. The Kier molecular flexibility index (Phi) is 5.15. The zero-order chi connectivity index (χ0) is 21.4. The Bertz CT molecular complexity index is 1210. The Hall–Kier alpha value is -3.26. The normalized spacial score (nSPS) is 14.4. The van der Waals surface area contributed by atoms with E-state index in [1.807, 2.05) is 55.1 Å². The van der Waals surface area contributed by atoms with Crippen LogP contribution >= 0.6 is 11.6 Å². The van der Waals surface area contributed by atoms with Crippen LogP contribution in [0.1, 0.15) is 17.0 Å². The van der Waals surface area contributed by atoms with Crippen LogP contribution in [0.3, 0.4) is 0 Å². The number of nitrogens with zero attached hydrogens (tertiary/aromatic N) is 8. The first kappa shape index (κ1) is 19.7. The van der Waals surface area contributed by atoms with E-state index in [2.05, 4.69) is 34.8 Å². The molecule has 3 aromatic heterocycles. The molecule has 0 aliphatic carbocycles. The summed E-state index contributed by atoms with van der Waals surface area (Å²) in [5.74, 6) is 1.72. The number of hydrogen-bond acceptors (Lipinski definition) is 7. The summed E-state index contributed by atoms with van der Waals surface area (Å²) in [6, 6.07) is 9.80. The van der Waals surface area contributed by atoms with Crippen LogP contribution in [0.4, 0.5) is 11.8 Å². The zero-order valence-electron chi connectivity index (χ0n) is 17.5. The van der Waals surface area contributed by atoms with E-state index in [1.54, 1.807) is 6.33 Å². The Morgan fingerprint density at radius 1 is 0.935 bits per heavy atom. The molecule has 4 aromatic rings. The van der Waals surface area contributed by atoms with Gasteiger partial charge in [-0.2, -0.15) is 5.10 Å². The molecule has 1 aliphatic rings. The highest BCUT2D eigenvalue weighted by atomic mass is 35.5. The highest BCUT2D eigenvalue weighted by Crippen LogP contribution is 2.26. The van der Waals surface area contributed by atoms with Gasteiger partial charge in [-0.15, -0.1) is 0 Å². The predicted molar refractivity (Wildman–Crippen MR) is 122 cm³/mol. The number of aromatic nitrogens is 6. The van der Waals surface area contributed by atoms with E-state index in [-0.39, 0.29) is 0 Å². The number of benzene rings is 1. The summed E-state index contributed by atoms with van der Waals surface area (Å²) in [4.78, 5) is 22.8. The second kappa shape index (κ2) is 8.11. The fourth-order valence-corrected chi connectivity index (χ4v) is 4.20. The molecule has 8 nitrogen and oxygen atoms in total. The number of aryl methyl sites for hydroxylation is 2. The minimum absolute atomic E-state index is 0.567. The van der Waals surface area contributed by atoms with Crippen LogP contribution in [0, 0.1) is 13.8 Å². The maximum atomic E-state index is 6.33. The Balaban J connectivity index is 1.37. The molecule has 31 heavy (non-hydrogen) atoms. The minimum atomic E-state index is 0.567. The van der Waals surface area contributed by atoms with E-state index in [0.717, 1.165) is 71.0 Å². The van der Waals surface area contributed by atoms with E-state index in [4.69, 9.17) is 11.6 Å². The van der Waals surface area contributed by atoms with Crippen LogP contribution < -0.4 is 9.80 Å². The first-order valence-electron chi connectivity index (χ1n) is 10.3. The number of anilines is 2. The molecule has 4 heterocycles. The molecule has 0 radical (unpaired) electrons. The molecule has 0 bridgehead atoms. The molecule has 1 fully saturated rings. The largest absolute Gasteiger partial charge is 0.352 e. The number of hydrogen-bond donors (Lipinski definition) is 0. The Morgan fingerprint density at radius 2 is 1.65 bits per heavy atom. The lowest BCUT2D eigenvalue weighted by atomic mass is 10.2. The fourth-order valence-electron chi connectivity index (χ4n) is 4.00. The van der Waals surface area contributed by atoms with Crippen LogP contribution in [0.2, 0.25) is 5.02 Å². The summed E-state index contributed by atoms with van der Waals surface area (Å²) in [6.45, 7) is 7.91. The van der Waals surface area contributed by atoms with E-state index >= 15 is 0 Å². The second-order valence-electron chi connectivity index (χ2n) is 7.75. The maximum Gasteiger partial charge on any atom is 0.225 e. The van der Waals surface area contributed by atoms with Gasteiger partial charge in [0.2, 0.25) is 5.95 Å². The maximum absolute atomic E-state index is 6.33. The van der Waals surface area contributed by atoms with Crippen molar-refractivity contribution in [2.24, 2.45) is 0 Å². The Labute approximate surface area is 185 Å².